The van der Waals surface area contributed by atoms with Crippen LogP contribution < -0.4 is 0 Å². The zero-order valence-corrected chi connectivity index (χ0v) is 8.32. The fourth-order valence-corrected chi connectivity index (χ4v) is 0.611. The number of allylic oxidation sites excluding steroid dienone is 4. The van der Waals surface area contributed by atoms with Crippen molar-refractivity contribution in [1.29, 1.82) is 0 Å². The first-order valence-corrected chi connectivity index (χ1v) is 3.95. The SMILES string of the molecule is C=C(/C=C\C(C=O)=C(/C)O)OCOC. The monoisotopic (exact) mass is 198 g/mol. The number of carbonyl (C=O) groups excluding carboxylic acids is 1. The summed E-state index contributed by atoms with van der Waals surface area (Å²) in [5.41, 5.74) is 0.187. The van der Waals surface area contributed by atoms with Crippen LogP contribution in [-0.2, 0) is 14.3 Å². The van der Waals surface area contributed by atoms with E-state index < -0.39 is 0 Å². The van der Waals surface area contributed by atoms with Crippen LogP contribution in [0, 0.1) is 0 Å². The van der Waals surface area contributed by atoms with Crippen molar-refractivity contribution in [2.45, 2.75) is 6.92 Å². The molecule has 4 nitrogen and oxygen atoms in total. The van der Waals surface area contributed by atoms with Gasteiger partial charge < -0.3 is 14.6 Å². The van der Waals surface area contributed by atoms with Gasteiger partial charge in [-0.25, -0.2) is 0 Å². The van der Waals surface area contributed by atoms with E-state index in [4.69, 9.17) is 9.84 Å². The number of carbonyl (C=O) groups is 1. The number of methoxy groups -OCH3 is 1. The van der Waals surface area contributed by atoms with Crippen molar-refractivity contribution in [3.63, 3.8) is 0 Å². The van der Waals surface area contributed by atoms with Crippen LogP contribution in [0.2, 0.25) is 0 Å². The van der Waals surface area contributed by atoms with Gasteiger partial charge in [0.1, 0.15) is 5.76 Å². The quantitative estimate of drug-likeness (QED) is 0.232. The fraction of sp³-hybridized carbons (Fsp3) is 0.300. The molecule has 0 amide bonds. The molecule has 0 aromatic heterocycles. The molecule has 0 aromatic carbocycles. The normalized spacial score (nSPS) is 12.4. The number of aldehydes is 1. The van der Waals surface area contributed by atoms with Crippen LogP contribution in [0.5, 0.6) is 0 Å². The van der Waals surface area contributed by atoms with E-state index in [2.05, 4.69) is 11.3 Å². The molecule has 0 spiro atoms. The third kappa shape index (κ3) is 5.16. The molecule has 0 aromatic rings. The smallest absolute Gasteiger partial charge is 0.188 e. The topological polar surface area (TPSA) is 55.8 Å². The van der Waals surface area contributed by atoms with Gasteiger partial charge in [0.2, 0.25) is 0 Å². The third-order valence-electron chi connectivity index (χ3n) is 1.36. The molecule has 78 valence electrons. The summed E-state index contributed by atoms with van der Waals surface area (Å²) in [5, 5.41) is 9.00. The molecule has 0 fully saturated rings. The van der Waals surface area contributed by atoms with E-state index in [9.17, 15) is 4.79 Å². The Morgan fingerprint density at radius 2 is 2.14 bits per heavy atom. The molecule has 0 heterocycles. The molecule has 0 radical (unpaired) electrons. The molecule has 0 saturated carbocycles. The average Bonchev–Trinajstić information content (AvgIpc) is 2.15. The lowest BCUT2D eigenvalue weighted by atomic mass is 10.2. The molecular weight excluding hydrogens is 184 g/mol. The van der Waals surface area contributed by atoms with E-state index in [0.29, 0.717) is 12.0 Å². The summed E-state index contributed by atoms with van der Waals surface area (Å²) in [4.78, 5) is 10.4. The lowest BCUT2D eigenvalue weighted by Crippen LogP contribution is -1.94. The average molecular weight is 198 g/mol. The molecule has 0 aliphatic carbocycles. The Morgan fingerprint density at radius 3 is 2.57 bits per heavy atom. The maximum atomic E-state index is 10.4. The van der Waals surface area contributed by atoms with Gasteiger partial charge in [-0.15, -0.1) is 0 Å². The van der Waals surface area contributed by atoms with Crippen LogP contribution in [0.15, 0.2) is 35.8 Å². The molecule has 0 aliphatic rings. The summed E-state index contributed by atoms with van der Waals surface area (Å²) >= 11 is 0. The minimum Gasteiger partial charge on any atom is -0.512 e. The Balaban J connectivity index is 4.22. The minimum atomic E-state index is -0.0456. The minimum absolute atomic E-state index is 0.0456. The summed E-state index contributed by atoms with van der Waals surface area (Å²) < 4.78 is 9.59. The van der Waals surface area contributed by atoms with Crippen molar-refractivity contribution in [2.75, 3.05) is 13.9 Å². The van der Waals surface area contributed by atoms with Gasteiger partial charge in [0.05, 0.1) is 11.3 Å². The van der Waals surface area contributed by atoms with E-state index in [1.165, 1.54) is 26.2 Å². The summed E-state index contributed by atoms with van der Waals surface area (Å²) in [6, 6.07) is 0. The molecule has 0 aliphatic heterocycles. The van der Waals surface area contributed by atoms with E-state index in [0.717, 1.165) is 0 Å². The van der Waals surface area contributed by atoms with Crippen molar-refractivity contribution in [2.24, 2.45) is 0 Å². The Labute approximate surface area is 83.1 Å². The molecule has 0 rings (SSSR count). The second-order valence-corrected chi connectivity index (χ2v) is 2.51. The Hall–Kier alpha value is -1.55. The summed E-state index contributed by atoms with van der Waals surface area (Å²) in [6.45, 7) is 5.07. The first-order chi connectivity index (χ1) is 6.61. The van der Waals surface area contributed by atoms with Gasteiger partial charge in [-0.1, -0.05) is 6.58 Å². The number of aliphatic hydroxyl groups excluding tert-OH is 1. The number of aliphatic hydroxyl groups is 1. The molecule has 14 heavy (non-hydrogen) atoms. The van der Waals surface area contributed by atoms with Crippen LogP contribution in [-0.4, -0.2) is 25.3 Å². The van der Waals surface area contributed by atoms with E-state index in [-0.39, 0.29) is 18.1 Å². The summed E-state index contributed by atoms with van der Waals surface area (Å²) in [6.07, 6.45) is 3.44. The van der Waals surface area contributed by atoms with E-state index in [1.54, 1.807) is 0 Å². The van der Waals surface area contributed by atoms with Gasteiger partial charge in [0.25, 0.3) is 0 Å². The third-order valence-corrected chi connectivity index (χ3v) is 1.36. The van der Waals surface area contributed by atoms with Crippen LogP contribution in [0.3, 0.4) is 0 Å². The highest BCUT2D eigenvalue weighted by Crippen LogP contribution is 2.03. The largest absolute Gasteiger partial charge is 0.512 e. The van der Waals surface area contributed by atoms with Gasteiger partial charge >= 0.3 is 0 Å². The fourth-order valence-electron chi connectivity index (χ4n) is 0.611. The Bertz CT molecular complexity index is 259. The highest BCUT2D eigenvalue weighted by Gasteiger charge is 1.95. The molecule has 0 saturated heterocycles. The van der Waals surface area contributed by atoms with Crippen molar-refractivity contribution in [1.82, 2.24) is 0 Å². The highest BCUT2D eigenvalue weighted by molar-refractivity contribution is 5.78. The van der Waals surface area contributed by atoms with Gasteiger partial charge in [-0.05, 0) is 19.1 Å². The lowest BCUT2D eigenvalue weighted by Gasteiger charge is -2.02. The molecular formula is C10H14O4. The first-order valence-electron chi connectivity index (χ1n) is 3.95. The Morgan fingerprint density at radius 1 is 1.50 bits per heavy atom. The summed E-state index contributed by atoms with van der Waals surface area (Å²) in [5.74, 6) is 0.309. The number of hydrogen-bond donors (Lipinski definition) is 1. The predicted molar refractivity (Wildman–Crippen MR) is 52.6 cm³/mol. The first kappa shape index (κ1) is 12.4. The van der Waals surface area contributed by atoms with Gasteiger partial charge in [-0.3, -0.25) is 4.79 Å². The molecule has 0 bridgehead atoms. The highest BCUT2D eigenvalue weighted by atomic mass is 16.7. The predicted octanol–water partition coefficient (Wildman–Crippen LogP) is 1.71. The zero-order valence-electron chi connectivity index (χ0n) is 8.32. The van der Waals surface area contributed by atoms with Crippen LogP contribution in [0.25, 0.3) is 0 Å². The van der Waals surface area contributed by atoms with Crippen molar-refractivity contribution >= 4 is 6.29 Å². The van der Waals surface area contributed by atoms with E-state index in [1.807, 2.05) is 0 Å². The standard InChI is InChI=1S/C10H14O4/c1-8(14-7-13-3)4-5-10(6-11)9(2)12/h4-6,12H,1,7H2,2-3H3/b5-4-,10-9-. The molecule has 1 N–H and O–H groups in total. The number of ether oxygens (including phenoxy) is 2. The van der Waals surface area contributed by atoms with E-state index >= 15 is 0 Å². The molecule has 4 heteroatoms. The maximum absolute atomic E-state index is 10.4. The Kier molecular flexibility index (Phi) is 6.15. The number of hydrogen-bond acceptors (Lipinski definition) is 4. The van der Waals surface area contributed by atoms with Gasteiger partial charge in [0, 0.05) is 7.11 Å². The molecule has 0 unspecified atom stereocenters. The van der Waals surface area contributed by atoms with Crippen molar-refractivity contribution in [3.8, 4) is 0 Å². The second kappa shape index (κ2) is 6.91. The maximum Gasteiger partial charge on any atom is 0.188 e. The zero-order chi connectivity index (χ0) is 11.0. The van der Waals surface area contributed by atoms with Crippen LogP contribution in [0.4, 0.5) is 0 Å². The van der Waals surface area contributed by atoms with Crippen molar-refractivity contribution < 1.29 is 19.4 Å². The lowest BCUT2D eigenvalue weighted by molar-refractivity contribution is -0.104. The molecule has 0 atom stereocenters. The second-order valence-electron chi connectivity index (χ2n) is 2.51. The number of rotatable bonds is 6. The van der Waals surface area contributed by atoms with Crippen molar-refractivity contribution in [3.05, 3.63) is 35.8 Å². The van der Waals surface area contributed by atoms with Gasteiger partial charge in [-0.2, -0.15) is 0 Å². The van der Waals surface area contributed by atoms with Crippen LogP contribution in [0.1, 0.15) is 6.92 Å². The van der Waals surface area contributed by atoms with Gasteiger partial charge in [0.15, 0.2) is 13.1 Å². The van der Waals surface area contributed by atoms with Crippen LogP contribution >= 0.6 is 0 Å². The summed E-state index contributed by atoms with van der Waals surface area (Å²) in [7, 11) is 1.49.